The number of amides is 1. The van der Waals surface area contributed by atoms with Crippen molar-refractivity contribution in [3.8, 4) is 0 Å². The Morgan fingerprint density at radius 1 is 0.968 bits per heavy atom. The molecule has 7 nitrogen and oxygen atoms in total. The number of piperidine rings is 1. The first-order valence-electron chi connectivity index (χ1n) is 10.1. The number of anilines is 2. The third-order valence-corrected chi connectivity index (χ3v) is 6.00. The molecule has 166 valence electrons. The fraction of sp³-hybridized carbons (Fsp3) is 0.500. The number of carbonyl (C=O) groups is 1. The number of carbonyl (C=O) groups excluding carboxylic acids is 1. The van der Waals surface area contributed by atoms with Gasteiger partial charge in [-0.1, -0.05) is 11.6 Å². The number of nitrogens with zero attached hydrogens (tertiary/aromatic N) is 6. The van der Waals surface area contributed by atoms with E-state index in [0.717, 1.165) is 12.3 Å². The zero-order valence-electron chi connectivity index (χ0n) is 16.7. The van der Waals surface area contributed by atoms with Crippen LogP contribution in [0, 0.1) is 5.92 Å². The monoisotopic (exact) mass is 454 g/mol. The smallest absolute Gasteiger partial charge is 0.355 e. The van der Waals surface area contributed by atoms with Gasteiger partial charge in [-0.15, -0.1) is 0 Å². The lowest BCUT2D eigenvalue weighted by atomic mass is 9.95. The van der Waals surface area contributed by atoms with Gasteiger partial charge in [0.1, 0.15) is 5.82 Å². The van der Waals surface area contributed by atoms with Gasteiger partial charge < -0.3 is 14.7 Å². The van der Waals surface area contributed by atoms with Gasteiger partial charge in [0.25, 0.3) is 0 Å². The number of hydrogen-bond donors (Lipinski definition) is 0. The Morgan fingerprint density at radius 2 is 1.61 bits per heavy atom. The summed E-state index contributed by atoms with van der Waals surface area (Å²) in [5, 5.41) is -0.0288. The highest BCUT2D eigenvalue weighted by molar-refractivity contribution is 6.33. The van der Waals surface area contributed by atoms with Crippen molar-refractivity contribution in [2.24, 2.45) is 5.92 Å². The van der Waals surface area contributed by atoms with Gasteiger partial charge in [0, 0.05) is 63.8 Å². The molecule has 2 aromatic heterocycles. The molecule has 4 heterocycles. The molecule has 4 rings (SSSR count). The number of aromatic nitrogens is 3. The first-order valence-corrected chi connectivity index (χ1v) is 10.5. The predicted molar refractivity (Wildman–Crippen MR) is 110 cm³/mol. The quantitative estimate of drug-likeness (QED) is 0.710. The lowest BCUT2D eigenvalue weighted by Gasteiger charge is -2.38. The molecule has 0 bridgehead atoms. The number of hydrogen-bond acceptors (Lipinski definition) is 6. The van der Waals surface area contributed by atoms with Crippen LogP contribution in [0.25, 0.3) is 0 Å². The summed E-state index contributed by atoms with van der Waals surface area (Å²) in [6.45, 7) is 3.63. The molecule has 2 aliphatic heterocycles. The summed E-state index contributed by atoms with van der Waals surface area (Å²) < 4.78 is 38.4. The molecule has 2 saturated heterocycles. The topological polar surface area (TPSA) is 65.5 Å². The molecule has 0 radical (unpaired) electrons. The van der Waals surface area contributed by atoms with Crippen molar-refractivity contribution >= 4 is 29.3 Å². The normalized spacial score (nSPS) is 18.4. The minimum absolute atomic E-state index is 0.0288. The average Bonchev–Trinajstić information content (AvgIpc) is 2.79. The van der Waals surface area contributed by atoms with Gasteiger partial charge in [-0.3, -0.25) is 4.79 Å². The summed E-state index contributed by atoms with van der Waals surface area (Å²) in [6, 6.07) is 2.67. The van der Waals surface area contributed by atoms with Crippen LogP contribution < -0.4 is 9.80 Å². The van der Waals surface area contributed by atoms with Crippen LogP contribution in [0.5, 0.6) is 0 Å². The molecule has 2 aromatic rings. The lowest BCUT2D eigenvalue weighted by Crippen LogP contribution is -2.52. The number of piperazine rings is 1. The van der Waals surface area contributed by atoms with Crippen molar-refractivity contribution in [3.63, 3.8) is 0 Å². The second-order valence-electron chi connectivity index (χ2n) is 7.65. The molecule has 0 N–H and O–H groups in total. The first-order chi connectivity index (χ1) is 14.8. The summed E-state index contributed by atoms with van der Waals surface area (Å²) in [7, 11) is 0. The fourth-order valence-corrected chi connectivity index (χ4v) is 4.28. The van der Waals surface area contributed by atoms with Crippen LogP contribution in [-0.4, -0.2) is 65.0 Å². The van der Waals surface area contributed by atoms with Gasteiger partial charge in [-0.05, 0) is 25.0 Å². The highest BCUT2D eigenvalue weighted by atomic mass is 35.5. The molecule has 0 saturated carbocycles. The molecule has 0 aliphatic carbocycles. The van der Waals surface area contributed by atoms with Gasteiger partial charge in [-0.25, -0.2) is 15.0 Å². The van der Waals surface area contributed by atoms with Crippen molar-refractivity contribution in [3.05, 3.63) is 41.3 Å². The Bertz CT molecular complexity index is 913. The van der Waals surface area contributed by atoms with Crippen molar-refractivity contribution in [2.45, 2.75) is 19.0 Å². The van der Waals surface area contributed by atoms with Gasteiger partial charge in [0.05, 0.1) is 10.6 Å². The molecule has 0 atom stereocenters. The Morgan fingerprint density at radius 3 is 2.19 bits per heavy atom. The molecule has 0 aromatic carbocycles. The van der Waals surface area contributed by atoms with E-state index in [9.17, 15) is 18.0 Å². The first kappa shape index (κ1) is 21.6. The van der Waals surface area contributed by atoms with Gasteiger partial charge in [-0.2, -0.15) is 13.2 Å². The maximum absolute atomic E-state index is 13.0. The van der Waals surface area contributed by atoms with Crippen molar-refractivity contribution < 1.29 is 18.0 Å². The van der Waals surface area contributed by atoms with Crippen LogP contribution in [0.1, 0.15) is 18.4 Å². The molecule has 2 fully saturated rings. The van der Waals surface area contributed by atoms with E-state index >= 15 is 0 Å². The maximum atomic E-state index is 13.0. The van der Waals surface area contributed by atoms with Crippen LogP contribution in [0.2, 0.25) is 5.02 Å². The van der Waals surface area contributed by atoms with E-state index in [0.29, 0.717) is 63.9 Å². The van der Waals surface area contributed by atoms with Crippen molar-refractivity contribution in [1.82, 2.24) is 19.9 Å². The van der Waals surface area contributed by atoms with E-state index in [1.165, 1.54) is 0 Å². The largest absolute Gasteiger partial charge is 0.417 e. The number of alkyl halides is 3. The Hall–Kier alpha value is -2.62. The summed E-state index contributed by atoms with van der Waals surface area (Å²) in [6.07, 6.45) is 0.941. The Kier molecular flexibility index (Phi) is 6.17. The van der Waals surface area contributed by atoms with Crippen LogP contribution in [0.15, 0.2) is 30.7 Å². The SMILES string of the molecule is O=C(C1CCN(c2ncc(C(F)(F)F)cc2Cl)CC1)N1CCN(c2ncccn2)CC1. The van der Waals surface area contributed by atoms with E-state index in [2.05, 4.69) is 19.9 Å². The third kappa shape index (κ3) is 4.84. The van der Waals surface area contributed by atoms with E-state index in [4.69, 9.17) is 11.6 Å². The fourth-order valence-electron chi connectivity index (χ4n) is 4.00. The molecule has 2 aliphatic rings. The van der Waals surface area contributed by atoms with Crippen LogP contribution in [0.3, 0.4) is 0 Å². The predicted octanol–water partition coefficient (Wildman–Crippen LogP) is 3.11. The molecule has 11 heteroatoms. The average molecular weight is 455 g/mol. The van der Waals surface area contributed by atoms with Crippen molar-refractivity contribution in [1.29, 1.82) is 0 Å². The molecule has 0 spiro atoms. The minimum atomic E-state index is -4.48. The van der Waals surface area contributed by atoms with Crippen molar-refractivity contribution in [2.75, 3.05) is 49.1 Å². The van der Waals surface area contributed by atoms with Gasteiger partial charge in [0.2, 0.25) is 11.9 Å². The third-order valence-electron chi connectivity index (χ3n) is 5.72. The molecule has 0 unspecified atom stereocenters. The Balaban J connectivity index is 1.31. The van der Waals surface area contributed by atoms with E-state index in [-0.39, 0.29) is 16.8 Å². The summed E-state index contributed by atoms with van der Waals surface area (Å²) >= 11 is 6.06. The Labute approximate surface area is 182 Å². The number of rotatable bonds is 3. The second kappa shape index (κ2) is 8.86. The molecular weight excluding hydrogens is 433 g/mol. The maximum Gasteiger partial charge on any atom is 0.417 e. The standard InChI is InChI=1S/C20H22ClF3N6O/c21-16-12-15(20(22,23)24)13-27-17(16)28-6-2-14(3-7-28)18(31)29-8-10-30(11-9-29)19-25-4-1-5-26-19/h1,4-5,12-14H,2-3,6-11H2. The zero-order chi connectivity index (χ0) is 22.0. The van der Waals surface area contributed by atoms with E-state index in [1.807, 2.05) is 9.80 Å². The molecule has 1 amide bonds. The van der Waals surface area contributed by atoms with Gasteiger partial charge in [0.15, 0.2) is 0 Å². The molecular formula is C20H22ClF3N6O. The van der Waals surface area contributed by atoms with Crippen LogP contribution >= 0.6 is 11.6 Å². The lowest BCUT2D eigenvalue weighted by molar-refractivity contribution is -0.138. The summed E-state index contributed by atoms with van der Waals surface area (Å²) in [5.74, 6) is 1.02. The summed E-state index contributed by atoms with van der Waals surface area (Å²) in [5.41, 5.74) is -0.869. The highest BCUT2D eigenvalue weighted by Gasteiger charge is 2.34. The highest BCUT2D eigenvalue weighted by Crippen LogP contribution is 2.34. The van der Waals surface area contributed by atoms with E-state index < -0.39 is 11.7 Å². The van der Waals surface area contributed by atoms with Crippen LogP contribution in [-0.2, 0) is 11.0 Å². The summed E-state index contributed by atoms with van der Waals surface area (Å²) in [4.78, 5) is 31.2. The number of halogens is 4. The van der Waals surface area contributed by atoms with Gasteiger partial charge >= 0.3 is 6.18 Å². The second-order valence-corrected chi connectivity index (χ2v) is 8.06. The molecule has 31 heavy (non-hydrogen) atoms. The van der Waals surface area contributed by atoms with Crippen LogP contribution in [0.4, 0.5) is 24.9 Å². The zero-order valence-corrected chi connectivity index (χ0v) is 17.5. The minimum Gasteiger partial charge on any atom is -0.355 e. The number of pyridine rings is 1. The van der Waals surface area contributed by atoms with E-state index in [1.54, 1.807) is 18.5 Å².